The molecule has 2 aliphatic rings. The molecule has 2 N–H and O–H groups in total. The van der Waals surface area contributed by atoms with Gasteiger partial charge in [0.15, 0.2) is 17.3 Å². The molecule has 39 heavy (non-hydrogen) atoms. The van der Waals surface area contributed by atoms with Crippen LogP contribution in [0.25, 0.3) is 11.8 Å². The number of hydrogen-bond donors (Lipinski definition) is 1. The van der Waals surface area contributed by atoms with E-state index >= 15 is 0 Å². The second-order valence-electron chi connectivity index (χ2n) is 9.66. The second-order valence-corrected chi connectivity index (χ2v) is 9.66. The maximum atomic E-state index is 14.8. The van der Waals surface area contributed by atoms with Gasteiger partial charge in [-0.2, -0.15) is 5.10 Å². The van der Waals surface area contributed by atoms with Crippen LogP contribution in [0.1, 0.15) is 39.9 Å². The number of fused-ring (bicyclic) bond motifs is 1. The number of para-hydroxylation sites is 1. The highest BCUT2D eigenvalue weighted by Gasteiger charge is 2.29. The van der Waals surface area contributed by atoms with E-state index < -0.39 is 11.6 Å². The van der Waals surface area contributed by atoms with Crippen LogP contribution in [0.4, 0.5) is 20.3 Å². The van der Waals surface area contributed by atoms with Gasteiger partial charge < -0.3 is 15.4 Å². The zero-order valence-corrected chi connectivity index (χ0v) is 21.1. The number of benzene rings is 3. The van der Waals surface area contributed by atoms with Gasteiger partial charge in [-0.05, 0) is 78.6 Å². The van der Waals surface area contributed by atoms with Crippen LogP contribution in [0.15, 0.2) is 66.4 Å². The molecule has 1 fully saturated rings. The first kappa shape index (κ1) is 24.5. The van der Waals surface area contributed by atoms with Crippen molar-refractivity contribution in [2.24, 2.45) is 0 Å². The summed E-state index contributed by atoms with van der Waals surface area (Å²) in [5.41, 5.74) is 10.1. The van der Waals surface area contributed by atoms with Crippen molar-refractivity contribution in [3.8, 4) is 17.2 Å². The van der Waals surface area contributed by atoms with Crippen LogP contribution in [0.3, 0.4) is 0 Å². The lowest BCUT2D eigenvalue weighted by atomic mass is 10.0. The van der Waals surface area contributed by atoms with Crippen LogP contribution in [0.5, 0.6) is 11.5 Å². The molecule has 196 valence electrons. The van der Waals surface area contributed by atoms with Crippen LogP contribution in [0, 0.1) is 18.6 Å². The molecule has 0 saturated carbocycles. The first-order valence-electron chi connectivity index (χ1n) is 12.5. The SMILES string of the molecule is Cc1cc(Oc2ccccc2F)ccc1-n1ncc(C(=O)C2=Cc3cc(F)c(N4CCCC4=O)cc3C2)c1N. The molecule has 0 unspecified atom stereocenters. The summed E-state index contributed by atoms with van der Waals surface area (Å²) >= 11 is 0. The Bertz CT molecular complexity index is 1690. The molecule has 1 aromatic heterocycles. The Labute approximate surface area is 223 Å². The molecule has 2 heterocycles. The van der Waals surface area contributed by atoms with Crippen molar-refractivity contribution in [3.05, 3.63) is 100 Å². The van der Waals surface area contributed by atoms with Crippen molar-refractivity contribution < 1.29 is 23.1 Å². The highest BCUT2D eigenvalue weighted by molar-refractivity contribution is 6.15. The standard InChI is InChI=1S/C30H24F2N4O3/c1-17-11-21(39-27-6-3-2-5-23(27)31)8-9-25(17)36-30(33)22(16-34-36)29(38)20-12-18-14-24(32)26(15-19(18)13-20)35-10-4-7-28(35)37/h2-3,5-6,8-9,11-12,14-16H,4,7,10,13,33H2,1H3. The lowest BCUT2D eigenvalue weighted by Crippen LogP contribution is -2.25. The number of anilines is 2. The zero-order valence-electron chi connectivity index (χ0n) is 21.1. The molecule has 9 heteroatoms. The van der Waals surface area contributed by atoms with E-state index in [0.29, 0.717) is 48.4 Å². The number of carbonyl (C=O) groups excluding carboxylic acids is 2. The maximum Gasteiger partial charge on any atom is 0.227 e. The largest absolute Gasteiger partial charge is 0.454 e. The minimum absolute atomic E-state index is 0.0987. The lowest BCUT2D eigenvalue weighted by molar-refractivity contribution is -0.117. The van der Waals surface area contributed by atoms with Gasteiger partial charge in [-0.1, -0.05) is 12.1 Å². The molecule has 0 radical (unpaired) electrons. The molecule has 4 aromatic rings. The average Bonchev–Trinajstić information content (AvgIpc) is 3.63. The van der Waals surface area contributed by atoms with Crippen LogP contribution in [-0.2, 0) is 11.2 Å². The molecule has 1 aliphatic heterocycles. The summed E-state index contributed by atoms with van der Waals surface area (Å²) in [6.45, 7) is 2.32. The van der Waals surface area contributed by atoms with Gasteiger partial charge in [0.1, 0.15) is 17.4 Å². The number of Topliss-reactive ketones (excluding diaryl/α,β-unsaturated/α-hetero) is 1. The molecular formula is C30H24F2N4O3. The Kier molecular flexibility index (Phi) is 5.98. The van der Waals surface area contributed by atoms with Gasteiger partial charge in [0.05, 0.1) is 23.1 Å². The summed E-state index contributed by atoms with van der Waals surface area (Å²) in [4.78, 5) is 27.0. The Balaban J connectivity index is 1.23. The number of ketones is 1. The van der Waals surface area contributed by atoms with E-state index in [4.69, 9.17) is 10.5 Å². The Hall–Kier alpha value is -4.79. The van der Waals surface area contributed by atoms with E-state index in [1.54, 1.807) is 48.5 Å². The number of allylic oxidation sites excluding steroid dienone is 1. The summed E-state index contributed by atoms with van der Waals surface area (Å²) in [7, 11) is 0. The molecular weight excluding hydrogens is 502 g/mol. The summed E-state index contributed by atoms with van der Waals surface area (Å²) < 4.78 is 35.9. The first-order chi connectivity index (χ1) is 18.8. The van der Waals surface area contributed by atoms with Gasteiger partial charge >= 0.3 is 0 Å². The molecule has 6 rings (SSSR count). The van der Waals surface area contributed by atoms with Crippen LogP contribution >= 0.6 is 0 Å². The number of rotatable bonds is 6. The zero-order chi connectivity index (χ0) is 27.3. The van der Waals surface area contributed by atoms with Gasteiger partial charge in [0, 0.05) is 25.0 Å². The van der Waals surface area contributed by atoms with Gasteiger partial charge in [-0.15, -0.1) is 0 Å². The molecule has 1 saturated heterocycles. The van der Waals surface area contributed by atoms with Crippen molar-refractivity contribution in [1.29, 1.82) is 0 Å². The number of aryl methyl sites for hydroxylation is 1. The minimum atomic E-state index is -0.487. The van der Waals surface area contributed by atoms with E-state index in [-0.39, 0.29) is 34.5 Å². The van der Waals surface area contributed by atoms with Crippen molar-refractivity contribution in [3.63, 3.8) is 0 Å². The Morgan fingerprint density at radius 1 is 1.05 bits per heavy atom. The fourth-order valence-corrected chi connectivity index (χ4v) is 5.09. The molecule has 3 aromatic carbocycles. The third kappa shape index (κ3) is 4.35. The average molecular weight is 527 g/mol. The molecule has 0 bridgehead atoms. The first-order valence-corrected chi connectivity index (χ1v) is 12.5. The van der Waals surface area contributed by atoms with Crippen molar-refractivity contribution >= 4 is 29.3 Å². The minimum Gasteiger partial charge on any atom is -0.454 e. The monoisotopic (exact) mass is 526 g/mol. The molecule has 0 spiro atoms. The normalized spacial score (nSPS) is 14.5. The van der Waals surface area contributed by atoms with Gasteiger partial charge in [0.2, 0.25) is 5.91 Å². The number of nitrogen functional groups attached to an aromatic ring is 1. The number of halogens is 2. The van der Waals surface area contributed by atoms with Crippen LogP contribution in [-0.4, -0.2) is 28.0 Å². The Morgan fingerprint density at radius 3 is 2.62 bits per heavy atom. The molecule has 1 aliphatic carbocycles. The number of aromatic nitrogens is 2. The third-order valence-electron chi connectivity index (χ3n) is 7.09. The predicted molar refractivity (Wildman–Crippen MR) is 143 cm³/mol. The molecule has 1 amide bonds. The summed E-state index contributed by atoms with van der Waals surface area (Å²) in [5.74, 6) is -0.632. The molecule has 0 atom stereocenters. The van der Waals surface area contributed by atoms with Crippen molar-refractivity contribution in [1.82, 2.24) is 9.78 Å². The van der Waals surface area contributed by atoms with Gasteiger partial charge in [-0.3, -0.25) is 9.59 Å². The summed E-state index contributed by atoms with van der Waals surface area (Å²) in [6, 6.07) is 14.3. The number of nitrogens with two attached hydrogens (primary N) is 1. The summed E-state index contributed by atoms with van der Waals surface area (Å²) in [6.07, 6.45) is 4.48. The number of ether oxygens (including phenoxy) is 1. The molecule has 7 nitrogen and oxygen atoms in total. The maximum absolute atomic E-state index is 14.8. The topological polar surface area (TPSA) is 90.5 Å². The number of hydrogen-bond acceptors (Lipinski definition) is 5. The van der Waals surface area contributed by atoms with E-state index in [1.807, 2.05) is 6.92 Å². The highest BCUT2D eigenvalue weighted by atomic mass is 19.1. The number of carbonyl (C=O) groups is 2. The summed E-state index contributed by atoms with van der Waals surface area (Å²) in [5, 5.41) is 4.34. The number of amides is 1. The smallest absolute Gasteiger partial charge is 0.227 e. The fraction of sp³-hybridized carbons (Fsp3) is 0.167. The predicted octanol–water partition coefficient (Wildman–Crippen LogP) is 5.78. The van der Waals surface area contributed by atoms with Crippen molar-refractivity contribution in [2.75, 3.05) is 17.2 Å². The van der Waals surface area contributed by atoms with E-state index in [0.717, 1.165) is 11.1 Å². The van der Waals surface area contributed by atoms with E-state index in [1.165, 1.54) is 27.9 Å². The Morgan fingerprint density at radius 2 is 1.87 bits per heavy atom. The van der Waals surface area contributed by atoms with Gasteiger partial charge in [-0.25, -0.2) is 13.5 Å². The van der Waals surface area contributed by atoms with Crippen LogP contribution in [0.2, 0.25) is 0 Å². The second kappa shape index (κ2) is 9.50. The van der Waals surface area contributed by atoms with Gasteiger partial charge in [0.25, 0.3) is 0 Å². The lowest BCUT2D eigenvalue weighted by Gasteiger charge is -2.17. The fourth-order valence-electron chi connectivity index (χ4n) is 5.09. The van der Waals surface area contributed by atoms with Crippen molar-refractivity contribution in [2.45, 2.75) is 26.2 Å². The van der Waals surface area contributed by atoms with E-state index in [2.05, 4.69) is 5.10 Å². The van der Waals surface area contributed by atoms with Crippen LogP contribution < -0.4 is 15.4 Å². The number of nitrogens with zero attached hydrogens (tertiary/aromatic N) is 3. The van der Waals surface area contributed by atoms with E-state index in [9.17, 15) is 18.4 Å². The highest BCUT2D eigenvalue weighted by Crippen LogP contribution is 2.35. The third-order valence-corrected chi connectivity index (χ3v) is 7.09. The quantitative estimate of drug-likeness (QED) is 0.322.